The summed E-state index contributed by atoms with van der Waals surface area (Å²) in [6.07, 6.45) is -0.498. The number of carbonyl (C=O) groups is 3. The Morgan fingerprint density at radius 2 is 1.83 bits per heavy atom. The zero-order chi connectivity index (χ0) is 22.4. The Morgan fingerprint density at radius 3 is 2.34 bits per heavy atom. The van der Waals surface area contributed by atoms with Crippen molar-refractivity contribution in [2.45, 2.75) is 45.3 Å². The molecule has 29 heavy (non-hydrogen) atoms. The standard InChI is InChI=1S/C18H27N5O6/c1-18(2,3)29-17(28)23-10(5-4-8-22-16(20)21)14(25)12-9(19)6-7-11(24)13(12)15(26)27/h6-7,10,24H,4-5,8,19H2,1-3H3,(H,23,28)(H,26,27)(H4,20,21,22). The van der Waals surface area contributed by atoms with Crippen LogP contribution in [0.4, 0.5) is 10.5 Å². The second-order valence-electron chi connectivity index (χ2n) is 7.24. The molecule has 1 aromatic carbocycles. The molecule has 0 saturated carbocycles. The minimum Gasteiger partial charge on any atom is -0.507 e. The fourth-order valence-corrected chi connectivity index (χ4v) is 2.49. The summed E-state index contributed by atoms with van der Waals surface area (Å²) in [6.45, 7) is 5.14. The molecule has 160 valence electrons. The number of Topliss-reactive ketones (excluding diaryl/α,β-unsaturated/α-hetero) is 1. The third-order valence-corrected chi connectivity index (χ3v) is 3.63. The lowest BCUT2D eigenvalue weighted by atomic mass is 9.94. The molecule has 0 fully saturated rings. The summed E-state index contributed by atoms with van der Waals surface area (Å²) in [7, 11) is 0. The van der Waals surface area contributed by atoms with Gasteiger partial charge in [-0.1, -0.05) is 0 Å². The molecule has 0 bridgehead atoms. The van der Waals surface area contributed by atoms with E-state index < -0.39 is 46.4 Å². The van der Waals surface area contributed by atoms with Gasteiger partial charge in [0, 0.05) is 12.2 Å². The first kappa shape index (κ1) is 23.5. The monoisotopic (exact) mass is 409 g/mol. The first-order chi connectivity index (χ1) is 13.3. The Kier molecular flexibility index (Phi) is 7.81. The highest BCUT2D eigenvalue weighted by molar-refractivity contribution is 6.13. The van der Waals surface area contributed by atoms with Crippen LogP contribution in [0, 0.1) is 0 Å². The lowest BCUT2D eigenvalue weighted by Crippen LogP contribution is -2.44. The quantitative estimate of drug-likeness (QED) is 0.0895. The predicted octanol–water partition coefficient (Wildman–Crippen LogP) is 0.802. The van der Waals surface area contributed by atoms with Gasteiger partial charge in [0.25, 0.3) is 0 Å². The smallest absolute Gasteiger partial charge is 0.408 e. The van der Waals surface area contributed by atoms with Crippen molar-refractivity contribution in [1.29, 1.82) is 0 Å². The van der Waals surface area contributed by atoms with Gasteiger partial charge in [-0.05, 0) is 45.7 Å². The van der Waals surface area contributed by atoms with Crippen molar-refractivity contribution in [2.24, 2.45) is 16.5 Å². The second kappa shape index (κ2) is 9.62. The van der Waals surface area contributed by atoms with Crippen LogP contribution in [0.1, 0.15) is 54.3 Å². The van der Waals surface area contributed by atoms with E-state index in [1.807, 2.05) is 0 Å². The number of phenols is 1. The molecule has 0 aromatic heterocycles. The number of hydrogen-bond acceptors (Lipinski definition) is 7. The Balaban J connectivity index is 3.22. The van der Waals surface area contributed by atoms with Gasteiger partial charge >= 0.3 is 12.1 Å². The number of nitrogens with two attached hydrogens (primary N) is 3. The van der Waals surface area contributed by atoms with Crippen LogP contribution in [0.2, 0.25) is 0 Å². The molecular formula is C18H27N5O6. The summed E-state index contributed by atoms with van der Waals surface area (Å²) in [5, 5.41) is 21.7. The molecule has 1 atom stereocenters. The van der Waals surface area contributed by atoms with Crippen LogP contribution in [0.25, 0.3) is 0 Å². The van der Waals surface area contributed by atoms with Gasteiger partial charge in [-0.25, -0.2) is 9.59 Å². The number of hydrogen-bond donors (Lipinski definition) is 6. The van der Waals surface area contributed by atoms with E-state index in [0.717, 1.165) is 6.07 Å². The molecule has 0 heterocycles. The first-order valence-corrected chi connectivity index (χ1v) is 8.77. The van der Waals surface area contributed by atoms with Gasteiger partial charge in [-0.15, -0.1) is 0 Å². The third kappa shape index (κ3) is 7.20. The SMILES string of the molecule is CC(C)(C)OC(=O)NC(CCCN=C(N)N)C(=O)c1c(N)ccc(O)c1C(=O)O. The molecule has 9 N–H and O–H groups in total. The molecular weight excluding hydrogens is 382 g/mol. The van der Waals surface area contributed by atoms with Gasteiger partial charge < -0.3 is 37.5 Å². The number of ketones is 1. The maximum absolute atomic E-state index is 13.1. The molecule has 1 unspecified atom stereocenters. The van der Waals surface area contributed by atoms with Crippen molar-refractivity contribution < 1.29 is 29.3 Å². The Hall–Kier alpha value is -3.50. The van der Waals surface area contributed by atoms with Gasteiger partial charge in [-0.2, -0.15) is 0 Å². The van der Waals surface area contributed by atoms with Crippen molar-refractivity contribution >= 4 is 29.5 Å². The van der Waals surface area contributed by atoms with E-state index >= 15 is 0 Å². The number of aliphatic imine (C=N–C) groups is 1. The topological polar surface area (TPSA) is 203 Å². The summed E-state index contributed by atoms with van der Waals surface area (Å²) in [5.74, 6) is -3.06. The molecule has 0 spiro atoms. The molecule has 0 radical (unpaired) electrons. The molecule has 1 amide bonds. The minimum atomic E-state index is -1.53. The Labute approximate surface area is 167 Å². The fourth-order valence-electron chi connectivity index (χ4n) is 2.49. The van der Waals surface area contributed by atoms with E-state index in [1.165, 1.54) is 6.07 Å². The van der Waals surface area contributed by atoms with Crippen molar-refractivity contribution in [3.05, 3.63) is 23.3 Å². The van der Waals surface area contributed by atoms with Crippen LogP contribution in [-0.4, -0.2) is 52.2 Å². The van der Waals surface area contributed by atoms with Gasteiger partial charge in [-0.3, -0.25) is 9.79 Å². The minimum absolute atomic E-state index is 0.0724. The maximum Gasteiger partial charge on any atom is 0.408 e. The van der Waals surface area contributed by atoms with E-state index in [2.05, 4.69) is 10.3 Å². The summed E-state index contributed by atoms with van der Waals surface area (Å²) >= 11 is 0. The first-order valence-electron chi connectivity index (χ1n) is 8.77. The number of nitrogens with zero attached hydrogens (tertiary/aromatic N) is 1. The highest BCUT2D eigenvalue weighted by atomic mass is 16.6. The maximum atomic E-state index is 13.1. The average molecular weight is 409 g/mol. The van der Waals surface area contributed by atoms with Crippen molar-refractivity contribution in [2.75, 3.05) is 12.3 Å². The van der Waals surface area contributed by atoms with Crippen molar-refractivity contribution in [3.8, 4) is 5.75 Å². The number of ether oxygens (including phenoxy) is 1. The average Bonchev–Trinajstić information content (AvgIpc) is 2.56. The largest absolute Gasteiger partial charge is 0.507 e. The van der Waals surface area contributed by atoms with Crippen LogP contribution < -0.4 is 22.5 Å². The fraction of sp³-hybridized carbons (Fsp3) is 0.444. The molecule has 11 nitrogen and oxygen atoms in total. The van der Waals surface area contributed by atoms with Gasteiger partial charge in [0.2, 0.25) is 0 Å². The summed E-state index contributed by atoms with van der Waals surface area (Å²) < 4.78 is 5.16. The molecule has 0 aliphatic heterocycles. The lowest BCUT2D eigenvalue weighted by Gasteiger charge is -2.24. The number of alkyl carbamates (subject to hydrolysis) is 1. The van der Waals surface area contributed by atoms with Gasteiger partial charge in [0.15, 0.2) is 11.7 Å². The normalized spacial score (nSPS) is 12.0. The van der Waals surface area contributed by atoms with E-state index in [0.29, 0.717) is 6.42 Å². The number of carboxylic acids is 1. The number of nitrogens with one attached hydrogen (secondary N) is 1. The second-order valence-corrected chi connectivity index (χ2v) is 7.24. The van der Waals surface area contributed by atoms with E-state index in [4.69, 9.17) is 21.9 Å². The Morgan fingerprint density at radius 1 is 1.21 bits per heavy atom. The number of aromatic carboxylic acids is 1. The van der Waals surface area contributed by atoms with E-state index in [1.54, 1.807) is 20.8 Å². The summed E-state index contributed by atoms with van der Waals surface area (Å²) in [4.78, 5) is 40.6. The number of aromatic hydroxyl groups is 1. The lowest BCUT2D eigenvalue weighted by molar-refractivity contribution is 0.0488. The number of nitrogen functional groups attached to an aromatic ring is 1. The van der Waals surface area contributed by atoms with E-state index in [9.17, 15) is 24.6 Å². The zero-order valence-electron chi connectivity index (χ0n) is 16.6. The summed E-state index contributed by atoms with van der Waals surface area (Å²) in [6, 6.07) is 1.10. The highest BCUT2D eigenvalue weighted by Crippen LogP contribution is 2.28. The zero-order valence-corrected chi connectivity index (χ0v) is 16.6. The molecule has 1 aromatic rings. The molecule has 1 rings (SSSR count). The van der Waals surface area contributed by atoms with Crippen LogP contribution in [-0.2, 0) is 4.74 Å². The number of amides is 1. The van der Waals surface area contributed by atoms with Crippen LogP contribution >= 0.6 is 0 Å². The third-order valence-electron chi connectivity index (χ3n) is 3.63. The number of benzene rings is 1. The van der Waals surface area contributed by atoms with E-state index in [-0.39, 0.29) is 24.6 Å². The van der Waals surface area contributed by atoms with Crippen LogP contribution in [0.15, 0.2) is 17.1 Å². The van der Waals surface area contributed by atoms with Gasteiger partial charge in [0.1, 0.15) is 16.9 Å². The summed E-state index contributed by atoms with van der Waals surface area (Å²) in [5.41, 5.74) is 14.3. The van der Waals surface area contributed by atoms with Gasteiger partial charge in [0.05, 0.1) is 11.6 Å². The number of anilines is 1. The van der Waals surface area contributed by atoms with Crippen molar-refractivity contribution in [1.82, 2.24) is 5.32 Å². The molecule has 11 heteroatoms. The number of carboxylic acid groups (broad SMARTS) is 1. The number of rotatable bonds is 8. The van der Waals surface area contributed by atoms with Crippen LogP contribution in [0.3, 0.4) is 0 Å². The molecule has 0 aliphatic carbocycles. The molecule has 0 saturated heterocycles. The van der Waals surface area contributed by atoms with Crippen molar-refractivity contribution in [3.63, 3.8) is 0 Å². The Bertz CT molecular complexity index is 812. The van der Waals surface area contributed by atoms with Crippen LogP contribution in [0.5, 0.6) is 5.75 Å². The number of carbonyl (C=O) groups excluding carboxylic acids is 2. The predicted molar refractivity (Wildman–Crippen MR) is 107 cm³/mol. The molecule has 0 aliphatic rings. The highest BCUT2D eigenvalue weighted by Gasteiger charge is 2.31. The number of guanidine groups is 1.